The van der Waals surface area contributed by atoms with Crippen LogP contribution < -0.4 is 4.74 Å². The Morgan fingerprint density at radius 1 is 1.35 bits per heavy atom. The highest BCUT2D eigenvalue weighted by Gasteiger charge is 2.63. The van der Waals surface area contributed by atoms with Gasteiger partial charge in [0.1, 0.15) is 5.75 Å². The standard InChI is InChI=1S/C15H15ClF4O3/c1-14(2)10(11(14)12(21)22-3)7-4-5-9(8(16)6-7)23-15(19,20)13(17)18/h4-6,10-11,13H,1-3H3. The molecule has 0 saturated heterocycles. The summed E-state index contributed by atoms with van der Waals surface area (Å²) in [5.74, 6) is -1.50. The van der Waals surface area contributed by atoms with Gasteiger partial charge in [-0.15, -0.1) is 0 Å². The molecule has 1 fully saturated rings. The normalized spacial score (nSPS) is 22.8. The molecule has 1 saturated carbocycles. The van der Waals surface area contributed by atoms with Gasteiger partial charge in [0.2, 0.25) is 0 Å². The molecule has 0 aliphatic heterocycles. The molecule has 8 heteroatoms. The molecule has 1 aliphatic rings. The fraction of sp³-hybridized carbons (Fsp3) is 0.533. The maximum Gasteiger partial charge on any atom is 0.461 e. The first-order valence-electron chi connectivity index (χ1n) is 6.74. The van der Waals surface area contributed by atoms with E-state index in [9.17, 15) is 22.4 Å². The van der Waals surface area contributed by atoms with Crippen LogP contribution in [-0.4, -0.2) is 25.6 Å². The molecule has 1 aliphatic carbocycles. The van der Waals surface area contributed by atoms with Gasteiger partial charge in [-0.3, -0.25) is 4.79 Å². The van der Waals surface area contributed by atoms with Crippen LogP contribution in [0.5, 0.6) is 5.75 Å². The lowest BCUT2D eigenvalue weighted by molar-refractivity contribution is -0.253. The van der Waals surface area contributed by atoms with Crippen molar-refractivity contribution in [1.82, 2.24) is 0 Å². The van der Waals surface area contributed by atoms with Crippen molar-refractivity contribution in [3.8, 4) is 5.75 Å². The monoisotopic (exact) mass is 354 g/mol. The smallest absolute Gasteiger partial charge is 0.461 e. The summed E-state index contributed by atoms with van der Waals surface area (Å²) in [6, 6.07) is 3.86. The minimum Gasteiger partial charge on any atom is -0.469 e. The van der Waals surface area contributed by atoms with E-state index >= 15 is 0 Å². The molecule has 0 spiro atoms. The number of methoxy groups -OCH3 is 1. The third-order valence-electron chi connectivity index (χ3n) is 4.10. The fourth-order valence-electron chi connectivity index (χ4n) is 2.81. The van der Waals surface area contributed by atoms with Gasteiger partial charge in [-0.1, -0.05) is 31.5 Å². The lowest BCUT2D eigenvalue weighted by Crippen LogP contribution is -2.33. The van der Waals surface area contributed by atoms with E-state index in [4.69, 9.17) is 16.3 Å². The molecule has 2 unspecified atom stereocenters. The summed E-state index contributed by atoms with van der Waals surface area (Å²) in [7, 11) is 1.28. The molecule has 0 radical (unpaired) electrons. The zero-order chi connectivity index (χ0) is 17.6. The molecule has 23 heavy (non-hydrogen) atoms. The molecule has 1 aromatic rings. The van der Waals surface area contributed by atoms with E-state index in [1.807, 2.05) is 13.8 Å². The average molecular weight is 355 g/mol. The number of rotatable bonds is 5. The highest BCUT2D eigenvalue weighted by molar-refractivity contribution is 6.32. The van der Waals surface area contributed by atoms with Crippen LogP contribution in [0, 0.1) is 11.3 Å². The SMILES string of the molecule is COC(=O)C1C(c2ccc(OC(F)(F)C(F)F)c(Cl)c2)C1(C)C. The van der Waals surface area contributed by atoms with Crippen LogP contribution >= 0.6 is 11.6 Å². The number of carbonyl (C=O) groups is 1. The van der Waals surface area contributed by atoms with Crippen LogP contribution in [-0.2, 0) is 9.53 Å². The zero-order valence-corrected chi connectivity index (χ0v) is 13.3. The van der Waals surface area contributed by atoms with Gasteiger partial charge in [-0.25, -0.2) is 0 Å². The molecule has 0 N–H and O–H groups in total. The number of ether oxygens (including phenoxy) is 2. The van der Waals surface area contributed by atoms with Gasteiger partial charge in [0, 0.05) is 5.92 Å². The van der Waals surface area contributed by atoms with Crippen molar-refractivity contribution in [2.45, 2.75) is 32.3 Å². The Kier molecular flexibility index (Phi) is 4.54. The molecule has 2 atom stereocenters. The minimum atomic E-state index is -4.63. The van der Waals surface area contributed by atoms with Crippen LogP contribution in [0.4, 0.5) is 17.6 Å². The van der Waals surface area contributed by atoms with Crippen molar-refractivity contribution < 1.29 is 31.8 Å². The maximum atomic E-state index is 12.9. The van der Waals surface area contributed by atoms with Crippen LogP contribution in [0.25, 0.3) is 0 Å². The molecule has 0 aromatic heterocycles. The van der Waals surface area contributed by atoms with Crippen LogP contribution in [0.15, 0.2) is 18.2 Å². The van der Waals surface area contributed by atoms with E-state index < -0.39 is 18.3 Å². The number of esters is 1. The van der Waals surface area contributed by atoms with Gasteiger partial charge in [-0.05, 0) is 23.1 Å². The van der Waals surface area contributed by atoms with Crippen LogP contribution in [0.2, 0.25) is 5.02 Å². The number of hydrogen-bond acceptors (Lipinski definition) is 3. The first kappa shape index (κ1) is 17.8. The predicted molar refractivity (Wildman–Crippen MR) is 75.1 cm³/mol. The second-order valence-corrected chi connectivity index (χ2v) is 6.36. The molecule has 3 nitrogen and oxygen atoms in total. The third-order valence-corrected chi connectivity index (χ3v) is 4.39. The van der Waals surface area contributed by atoms with E-state index in [-0.39, 0.29) is 28.2 Å². The molecular weight excluding hydrogens is 340 g/mol. The van der Waals surface area contributed by atoms with Crippen molar-refractivity contribution >= 4 is 17.6 Å². The van der Waals surface area contributed by atoms with Crippen molar-refractivity contribution in [1.29, 1.82) is 0 Å². The van der Waals surface area contributed by atoms with Gasteiger partial charge >= 0.3 is 18.5 Å². The molecule has 128 valence electrons. The molecule has 1 aromatic carbocycles. The van der Waals surface area contributed by atoms with Gasteiger partial charge in [0.15, 0.2) is 0 Å². The van der Waals surface area contributed by atoms with Crippen LogP contribution in [0.3, 0.4) is 0 Å². The number of carbonyl (C=O) groups excluding carboxylic acids is 1. The van der Waals surface area contributed by atoms with Gasteiger partial charge < -0.3 is 9.47 Å². The summed E-state index contributed by atoms with van der Waals surface area (Å²) in [6.45, 7) is 3.73. The summed E-state index contributed by atoms with van der Waals surface area (Å²) >= 11 is 5.85. The number of hydrogen-bond donors (Lipinski definition) is 0. The Balaban J connectivity index is 2.23. The van der Waals surface area contributed by atoms with E-state index in [0.717, 1.165) is 6.07 Å². The Bertz CT molecular complexity index is 619. The summed E-state index contributed by atoms with van der Waals surface area (Å²) < 4.78 is 58.9. The lowest BCUT2D eigenvalue weighted by Gasteiger charge is -2.18. The highest BCUT2D eigenvalue weighted by Crippen LogP contribution is 2.65. The minimum absolute atomic E-state index is 0.197. The quantitative estimate of drug-likeness (QED) is 0.577. The first-order valence-corrected chi connectivity index (χ1v) is 7.12. The number of benzene rings is 1. The molecule has 0 amide bonds. The van der Waals surface area contributed by atoms with Crippen LogP contribution in [0.1, 0.15) is 25.3 Å². The van der Waals surface area contributed by atoms with E-state index in [0.29, 0.717) is 5.56 Å². The fourth-order valence-corrected chi connectivity index (χ4v) is 3.04. The summed E-state index contributed by atoms with van der Waals surface area (Å²) in [4.78, 5) is 11.7. The predicted octanol–water partition coefficient (Wildman–Crippen LogP) is 4.49. The third kappa shape index (κ3) is 3.24. The van der Waals surface area contributed by atoms with Gasteiger partial charge in [0.05, 0.1) is 18.1 Å². The van der Waals surface area contributed by atoms with E-state index in [1.54, 1.807) is 0 Å². The highest BCUT2D eigenvalue weighted by atomic mass is 35.5. The van der Waals surface area contributed by atoms with Crippen molar-refractivity contribution in [2.24, 2.45) is 11.3 Å². The first-order chi connectivity index (χ1) is 10.5. The van der Waals surface area contributed by atoms with Gasteiger partial charge in [-0.2, -0.15) is 17.6 Å². The Hall–Kier alpha value is -1.50. The van der Waals surface area contributed by atoms with Crippen molar-refractivity contribution in [3.05, 3.63) is 28.8 Å². The molecule has 0 heterocycles. The molecule has 0 bridgehead atoms. The summed E-state index contributed by atoms with van der Waals surface area (Å²) in [5.41, 5.74) is 0.259. The van der Waals surface area contributed by atoms with Gasteiger partial charge in [0.25, 0.3) is 0 Å². The topological polar surface area (TPSA) is 35.5 Å². The second kappa shape index (κ2) is 5.85. The molecule has 2 rings (SSSR count). The Morgan fingerprint density at radius 3 is 2.43 bits per heavy atom. The summed E-state index contributed by atoms with van der Waals surface area (Å²) in [5, 5.41) is -0.228. The molecular formula is C15H15ClF4O3. The number of halogens is 5. The van der Waals surface area contributed by atoms with Crippen molar-refractivity contribution in [2.75, 3.05) is 7.11 Å². The zero-order valence-electron chi connectivity index (χ0n) is 12.6. The average Bonchev–Trinajstić information content (AvgIpc) is 3.02. The summed E-state index contributed by atoms with van der Waals surface area (Å²) in [6.07, 6.45) is -8.59. The largest absolute Gasteiger partial charge is 0.469 e. The van der Waals surface area contributed by atoms with E-state index in [2.05, 4.69) is 4.74 Å². The Labute approximate surface area is 135 Å². The van der Waals surface area contributed by atoms with E-state index in [1.165, 1.54) is 19.2 Å². The second-order valence-electron chi connectivity index (χ2n) is 5.95. The lowest BCUT2D eigenvalue weighted by atomic mass is 10.0. The Morgan fingerprint density at radius 2 is 1.96 bits per heavy atom. The maximum absolute atomic E-state index is 12.9. The number of alkyl halides is 4. The van der Waals surface area contributed by atoms with Crippen molar-refractivity contribution in [3.63, 3.8) is 0 Å².